The van der Waals surface area contributed by atoms with Crippen molar-refractivity contribution in [3.8, 4) is 11.5 Å². The van der Waals surface area contributed by atoms with Gasteiger partial charge in [-0.2, -0.15) is 0 Å². The minimum absolute atomic E-state index is 0.0802. The Labute approximate surface area is 180 Å². The van der Waals surface area contributed by atoms with Crippen molar-refractivity contribution in [2.24, 2.45) is 0 Å². The Morgan fingerprint density at radius 3 is 2.59 bits per heavy atom. The third-order valence-electron chi connectivity index (χ3n) is 4.21. The zero-order valence-electron chi connectivity index (χ0n) is 15.4. The Hall–Kier alpha value is -2.35. The molecule has 0 aliphatic heterocycles. The Kier molecular flexibility index (Phi) is 5.89. The van der Waals surface area contributed by atoms with Crippen LogP contribution in [-0.4, -0.2) is 19.7 Å². The van der Waals surface area contributed by atoms with Crippen LogP contribution in [0.15, 0.2) is 56.8 Å². The molecule has 0 amide bonds. The molecule has 4 rings (SSSR count). The second-order valence-electron chi connectivity index (χ2n) is 6.31. The molecule has 6 nitrogen and oxygen atoms in total. The van der Waals surface area contributed by atoms with Crippen LogP contribution in [0.4, 0.5) is 0 Å². The predicted octanol–water partition coefficient (Wildman–Crippen LogP) is 5.46. The molecule has 0 atom stereocenters. The van der Waals surface area contributed by atoms with Crippen molar-refractivity contribution >= 4 is 45.9 Å². The highest BCUT2D eigenvalue weighted by Gasteiger charge is 2.14. The SMILES string of the molecule is CCCn1c(SCc2nnc(-c3ccc(Cl)cc3)o2)nc2cc(Cl)ccc2c1=O. The number of hydrogen-bond acceptors (Lipinski definition) is 6. The summed E-state index contributed by atoms with van der Waals surface area (Å²) in [6.45, 7) is 2.59. The van der Waals surface area contributed by atoms with Crippen LogP contribution < -0.4 is 5.56 Å². The Balaban J connectivity index is 1.61. The third kappa shape index (κ3) is 4.32. The van der Waals surface area contributed by atoms with Crippen molar-refractivity contribution in [1.29, 1.82) is 0 Å². The fourth-order valence-electron chi connectivity index (χ4n) is 2.85. The van der Waals surface area contributed by atoms with Crippen molar-refractivity contribution in [2.75, 3.05) is 0 Å². The van der Waals surface area contributed by atoms with E-state index in [0.717, 1.165) is 12.0 Å². The van der Waals surface area contributed by atoms with E-state index in [0.29, 0.717) is 50.2 Å². The van der Waals surface area contributed by atoms with Crippen molar-refractivity contribution in [3.63, 3.8) is 0 Å². The van der Waals surface area contributed by atoms with Gasteiger partial charge in [0.1, 0.15) is 0 Å². The number of benzene rings is 2. The van der Waals surface area contributed by atoms with Crippen LogP contribution in [0.3, 0.4) is 0 Å². The van der Waals surface area contributed by atoms with E-state index in [4.69, 9.17) is 27.6 Å². The summed E-state index contributed by atoms with van der Waals surface area (Å²) in [5, 5.41) is 10.5. The van der Waals surface area contributed by atoms with Crippen molar-refractivity contribution < 1.29 is 4.42 Å². The van der Waals surface area contributed by atoms with Crippen LogP contribution in [0.25, 0.3) is 22.4 Å². The molecule has 29 heavy (non-hydrogen) atoms. The molecule has 0 spiro atoms. The minimum Gasteiger partial charge on any atom is -0.420 e. The first-order valence-corrected chi connectivity index (χ1v) is 10.7. The summed E-state index contributed by atoms with van der Waals surface area (Å²) >= 11 is 13.4. The monoisotopic (exact) mass is 446 g/mol. The van der Waals surface area contributed by atoms with Crippen LogP contribution in [0.5, 0.6) is 0 Å². The summed E-state index contributed by atoms with van der Waals surface area (Å²) in [7, 11) is 0. The quantitative estimate of drug-likeness (QED) is 0.289. The number of fused-ring (bicyclic) bond motifs is 1. The zero-order chi connectivity index (χ0) is 20.4. The standard InChI is InChI=1S/C20H16Cl2N4O2S/c1-2-9-26-19(27)15-8-7-14(22)10-16(15)23-20(26)29-11-17-24-25-18(28-17)12-3-5-13(21)6-4-12/h3-8,10H,2,9,11H2,1H3. The van der Waals surface area contributed by atoms with E-state index in [1.807, 2.05) is 19.1 Å². The highest BCUT2D eigenvalue weighted by Crippen LogP contribution is 2.25. The van der Waals surface area contributed by atoms with E-state index < -0.39 is 0 Å². The Morgan fingerprint density at radius 2 is 1.83 bits per heavy atom. The van der Waals surface area contributed by atoms with Gasteiger partial charge in [-0.25, -0.2) is 4.98 Å². The molecule has 0 fully saturated rings. The molecule has 0 N–H and O–H groups in total. The van der Waals surface area contributed by atoms with Crippen molar-refractivity contribution in [2.45, 2.75) is 30.8 Å². The summed E-state index contributed by atoms with van der Waals surface area (Å²) in [5.41, 5.74) is 1.28. The van der Waals surface area contributed by atoms with E-state index >= 15 is 0 Å². The Morgan fingerprint density at radius 1 is 1.07 bits per heavy atom. The minimum atomic E-state index is -0.0802. The third-order valence-corrected chi connectivity index (χ3v) is 5.66. The number of thioether (sulfide) groups is 1. The van der Waals surface area contributed by atoms with Crippen LogP contribution in [0.2, 0.25) is 10.0 Å². The van der Waals surface area contributed by atoms with Gasteiger partial charge in [-0.1, -0.05) is 41.9 Å². The van der Waals surface area contributed by atoms with Crippen LogP contribution >= 0.6 is 35.0 Å². The second kappa shape index (κ2) is 8.57. The molecule has 0 radical (unpaired) electrons. The van der Waals surface area contributed by atoms with Gasteiger partial charge in [0.15, 0.2) is 5.16 Å². The van der Waals surface area contributed by atoms with Gasteiger partial charge in [0, 0.05) is 22.2 Å². The van der Waals surface area contributed by atoms with Gasteiger partial charge < -0.3 is 4.42 Å². The average molecular weight is 447 g/mol. The molecule has 0 aliphatic rings. The molecule has 0 aliphatic carbocycles. The molecule has 0 unspecified atom stereocenters. The van der Waals surface area contributed by atoms with Gasteiger partial charge in [0.2, 0.25) is 11.8 Å². The molecule has 2 aromatic heterocycles. The van der Waals surface area contributed by atoms with E-state index in [2.05, 4.69) is 15.2 Å². The zero-order valence-corrected chi connectivity index (χ0v) is 17.8. The van der Waals surface area contributed by atoms with Gasteiger partial charge in [0.25, 0.3) is 5.56 Å². The highest BCUT2D eigenvalue weighted by atomic mass is 35.5. The van der Waals surface area contributed by atoms with Gasteiger partial charge in [-0.3, -0.25) is 9.36 Å². The number of nitrogens with zero attached hydrogens (tertiary/aromatic N) is 4. The predicted molar refractivity (Wildman–Crippen MR) is 116 cm³/mol. The topological polar surface area (TPSA) is 73.8 Å². The summed E-state index contributed by atoms with van der Waals surface area (Å²) in [6, 6.07) is 12.3. The molecular formula is C20H16Cl2N4O2S. The maximum atomic E-state index is 12.9. The molecule has 0 saturated carbocycles. The van der Waals surface area contributed by atoms with Gasteiger partial charge in [-0.05, 0) is 48.9 Å². The van der Waals surface area contributed by atoms with Crippen molar-refractivity contribution in [3.05, 3.63) is 68.8 Å². The number of rotatable bonds is 6. The van der Waals surface area contributed by atoms with Gasteiger partial charge in [0.05, 0.1) is 16.7 Å². The molecule has 2 aromatic carbocycles. The largest absolute Gasteiger partial charge is 0.420 e. The fourth-order valence-corrected chi connectivity index (χ4v) is 4.01. The normalized spacial score (nSPS) is 11.3. The lowest BCUT2D eigenvalue weighted by Gasteiger charge is -2.11. The lowest BCUT2D eigenvalue weighted by molar-refractivity contribution is 0.527. The van der Waals surface area contributed by atoms with Crippen molar-refractivity contribution in [1.82, 2.24) is 19.7 Å². The molecule has 9 heteroatoms. The van der Waals surface area contributed by atoms with E-state index in [-0.39, 0.29) is 5.56 Å². The number of halogens is 2. The lowest BCUT2D eigenvalue weighted by atomic mass is 10.2. The fraction of sp³-hybridized carbons (Fsp3) is 0.200. The summed E-state index contributed by atoms with van der Waals surface area (Å²) < 4.78 is 7.42. The second-order valence-corrected chi connectivity index (χ2v) is 8.12. The molecular weight excluding hydrogens is 431 g/mol. The first-order chi connectivity index (χ1) is 14.0. The molecule has 2 heterocycles. The van der Waals surface area contributed by atoms with Crippen LogP contribution in [-0.2, 0) is 12.3 Å². The lowest BCUT2D eigenvalue weighted by Crippen LogP contribution is -2.23. The highest BCUT2D eigenvalue weighted by molar-refractivity contribution is 7.98. The number of hydrogen-bond donors (Lipinski definition) is 0. The van der Waals surface area contributed by atoms with E-state index in [1.54, 1.807) is 34.9 Å². The average Bonchev–Trinajstić information content (AvgIpc) is 3.18. The summed E-state index contributed by atoms with van der Waals surface area (Å²) in [4.78, 5) is 17.5. The first-order valence-electron chi connectivity index (χ1n) is 8.96. The van der Waals surface area contributed by atoms with Crippen LogP contribution in [0.1, 0.15) is 19.2 Å². The smallest absolute Gasteiger partial charge is 0.262 e. The Bertz CT molecular complexity index is 1220. The molecule has 148 valence electrons. The summed E-state index contributed by atoms with van der Waals surface area (Å²) in [6.07, 6.45) is 0.815. The van der Waals surface area contributed by atoms with Gasteiger partial charge in [-0.15, -0.1) is 10.2 Å². The summed E-state index contributed by atoms with van der Waals surface area (Å²) in [5.74, 6) is 1.26. The first kappa shape index (κ1) is 19.9. The van der Waals surface area contributed by atoms with Crippen LogP contribution in [0, 0.1) is 0 Å². The molecule has 0 saturated heterocycles. The maximum Gasteiger partial charge on any atom is 0.262 e. The molecule has 0 bridgehead atoms. The van der Waals surface area contributed by atoms with E-state index in [1.165, 1.54) is 11.8 Å². The van der Waals surface area contributed by atoms with Gasteiger partial charge >= 0.3 is 0 Å². The van der Waals surface area contributed by atoms with E-state index in [9.17, 15) is 4.79 Å². The molecule has 4 aromatic rings. The maximum absolute atomic E-state index is 12.9. The number of aromatic nitrogens is 4.